The van der Waals surface area contributed by atoms with Crippen molar-refractivity contribution in [3.8, 4) is 0 Å². The van der Waals surface area contributed by atoms with Crippen LogP contribution in [0.15, 0.2) is 48.5 Å². The molecule has 2 heterocycles. The van der Waals surface area contributed by atoms with Gasteiger partial charge < -0.3 is 20.3 Å². The number of anilines is 1. The molecule has 2 aliphatic rings. The summed E-state index contributed by atoms with van der Waals surface area (Å²) in [6, 6.07) is 14.2. The monoisotopic (exact) mass is 421 g/mol. The molecule has 3 amide bonds. The lowest BCUT2D eigenvalue weighted by molar-refractivity contribution is -0.128. The summed E-state index contributed by atoms with van der Waals surface area (Å²) in [6.07, 6.45) is 3.53. The van der Waals surface area contributed by atoms with Crippen molar-refractivity contribution in [2.45, 2.75) is 38.3 Å². The minimum absolute atomic E-state index is 0.0556. The standard InChI is InChI=1S/C24H27N3O4/c28-22-8-3-13-27(22)16-17-9-11-18(12-10-17)23(29)26-21-7-2-1-6-20(21)24(30)25-15-19-5-4-14-31-19/h1-2,6-7,9-12,19H,3-5,8,13-16H2,(H,25,30)(H,26,29)/t19-/m1/s1. The van der Waals surface area contributed by atoms with Crippen molar-refractivity contribution >= 4 is 23.4 Å². The smallest absolute Gasteiger partial charge is 0.255 e. The number of carbonyl (C=O) groups is 3. The number of para-hydroxylation sites is 1. The maximum atomic E-state index is 12.7. The second-order valence-corrected chi connectivity index (χ2v) is 7.96. The van der Waals surface area contributed by atoms with E-state index in [0.717, 1.165) is 38.0 Å². The Labute approximate surface area is 181 Å². The van der Waals surface area contributed by atoms with Crippen LogP contribution in [0.25, 0.3) is 0 Å². The molecule has 4 rings (SSSR count). The van der Waals surface area contributed by atoms with E-state index in [-0.39, 0.29) is 23.8 Å². The van der Waals surface area contributed by atoms with Crippen LogP contribution in [0.5, 0.6) is 0 Å². The summed E-state index contributed by atoms with van der Waals surface area (Å²) < 4.78 is 5.54. The summed E-state index contributed by atoms with van der Waals surface area (Å²) >= 11 is 0. The molecule has 2 aromatic carbocycles. The van der Waals surface area contributed by atoms with E-state index in [4.69, 9.17) is 4.74 Å². The molecule has 0 spiro atoms. The number of nitrogens with one attached hydrogen (secondary N) is 2. The Morgan fingerprint density at radius 3 is 2.55 bits per heavy atom. The average Bonchev–Trinajstić information content (AvgIpc) is 3.45. The van der Waals surface area contributed by atoms with Gasteiger partial charge in [-0.25, -0.2) is 0 Å². The van der Waals surface area contributed by atoms with Gasteiger partial charge in [0.25, 0.3) is 11.8 Å². The zero-order valence-electron chi connectivity index (χ0n) is 17.4. The van der Waals surface area contributed by atoms with Gasteiger partial charge in [-0.1, -0.05) is 24.3 Å². The van der Waals surface area contributed by atoms with Crippen molar-refractivity contribution in [1.82, 2.24) is 10.2 Å². The Morgan fingerprint density at radius 1 is 1.03 bits per heavy atom. The molecule has 2 saturated heterocycles. The molecule has 0 unspecified atom stereocenters. The third kappa shape index (κ3) is 5.30. The molecule has 0 radical (unpaired) electrons. The van der Waals surface area contributed by atoms with Crippen molar-refractivity contribution in [2.75, 3.05) is 25.0 Å². The minimum atomic E-state index is -0.289. The van der Waals surface area contributed by atoms with E-state index in [0.29, 0.717) is 36.3 Å². The molecule has 0 bridgehead atoms. The van der Waals surface area contributed by atoms with Gasteiger partial charge in [-0.05, 0) is 49.1 Å². The number of likely N-dealkylation sites (tertiary alicyclic amines) is 1. The minimum Gasteiger partial charge on any atom is -0.376 e. The first-order valence-corrected chi connectivity index (χ1v) is 10.8. The molecule has 162 valence electrons. The Balaban J connectivity index is 1.37. The number of ether oxygens (including phenoxy) is 1. The summed E-state index contributed by atoms with van der Waals surface area (Å²) in [6.45, 7) is 2.55. The van der Waals surface area contributed by atoms with Crippen molar-refractivity contribution in [2.24, 2.45) is 0 Å². The van der Waals surface area contributed by atoms with Crippen LogP contribution < -0.4 is 10.6 Å². The molecular weight excluding hydrogens is 394 g/mol. The van der Waals surface area contributed by atoms with E-state index in [1.54, 1.807) is 36.4 Å². The van der Waals surface area contributed by atoms with Gasteiger partial charge in [-0.15, -0.1) is 0 Å². The second kappa shape index (κ2) is 9.75. The highest BCUT2D eigenvalue weighted by molar-refractivity contribution is 6.09. The first-order valence-electron chi connectivity index (χ1n) is 10.8. The molecule has 0 aliphatic carbocycles. The van der Waals surface area contributed by atoms with Gasteiger partial charge in [0.2, 0.25) is 5.91 Å². The lowest BCUT2D eigenvalue weighted by atomic mass is 10.1. The normalized spacial score (nSPS) is 18.3. The van der Waals surface area contributed by atoms with Crippen molar-refractivity contribution in [1.29, 1.82) is 0 Å². The number of amides is 3. The third-order valence-corrected chi connectivity index (χ3v) is 5.70. The third-order valence-electron chi connectivity index (χ3n) is 5.70. The average molecular weight is 421 g/mol. The summed E-state index contributed by atoms with van der Waals surface area (Å²) in [7, 11) is 0. The van der Waals surface area contributed by atoms with Crippen LogP contribution in [0.3, 0.4) is 0 Å². The molecule has 1 atom stereocenters. The van der Waals surface area contributed by atoms with Crippen LogP contribution in [0.1, 0.15) is 52.0 Å². The Hall–Kier alpha value is -3.19. The van der Waals surface area contributed by atoms with E-state index in [9.17, 15) is 14.4 Å². The van der Waals surface area contributed by atoms with Crippen LogP contribution in [0.2, 0.25) is 0 Å². The number of hydrogen-bond acceptors (Lipinski definition) is 4. The number of benzene rings is 2. The van der Waals surface area contributed by atoms with Gasteiger partial charge in [0.1, 0.15) is 0 Å². The van der Waals surface area contributed by atoms with Crippen LogP contribution in [0.4, 0.5) is 5.69 Å². The van der Waals surface area contributed by atoms with Crippen LogP contribution in [-0.4, -0.2) is 48.4 Å². The van der Waals surface area contributed by atoms with Crippen molar-refractivity contribution < 1.29 is 19.1 Å². The van der Waals surface area contributed by atoms with E-state index in [1.165, 1.54) is 0 Å². The van der Waals surface area contributed by atoms with Crippen LogP contribution in [-0.2, 0) is 16.1 Å². The summed E-state index contributed by atoms with van der Waals surface area (Å²) in [5, 5.41) is 5.73. The van der Waals surface area contributed by atoms with E-state index in [2.05, 4.69) is 10.6 Å². The zero-order chi connectivity index (χ0) is 21.6. The van der Waals surface area contributed by atoms with Crippen molar-refractivity contribution in [3.05, 3.63) is 65.2 Å². The molecule has 31 heavy (non-hydrogen) atoms. The van der Waals surface area contributed by atoms with Gasteiger partial charge >= 0.3 is 0 Å². The van der Waals surface area contributed by atoms with E-state index < -0.39 is 0 Å². The molecule has 2 aromatic rings. The quantitative estimate of drug-likeness (QED) is 0.720. The van der Waals surface area contributed by atoms with Crippen molar-refractivity contribution in [3.63, 3.8) is 0 Å². The lowest BCUT2D eigenvalue weighted by Crippen LogP contribution is -2.32. The van der Waals surface area contributed by atoms with E-state index >= 15 is 0 Å². The SMILES string of the molecule is O=C(Nc1ccccc1C(=O)NC[C@H]1CCCO1)c1ccc(CN2CCCC2=O)cc1. The maximum Gasteiger partial charge on any atom is 0.255 e. The predicted octanol–water partition coefficient (Wildman–Crippen LogP) is 2.97. The molecule has 2 aliphatic heterocycles. The molecule has 7 nitrogen and oxygen atoms in total. The Kier molecular flexibility index (Phi) is 6.62. The number of hydrogen-bond donors (Lipinski definition) is 2. The summed E-state index contributed by atoms with van der Waals surface area (Å²) in [4.78, 5) is 39.0. The van der Waals surface area contributed by atoms with Crippen LogP contribution >= 0.6 is 0 Å². The predicted molar refractivity (Wildman–Crippen MR) is 117 cm³/mol. The fourth-order valence-electron chi connectivity index (χ4n) is 3.94. The maximum absolute atomic E-state index is 12.7. The van der Waals surface area contributed by atoms with Gasteiger partial charge in [-0.3, -0.25) is 14.4 Å². The van der Waals surface area contributed by atoms with E-state index in [1.807, 2.05) is 17.0 Å². The first kappa shape index (κ1) is 21.1. The molecule has 0 aromatic heterocycles. The number of carbonyl (C=O) groups excluding carboxylic acids is 3. The van der Waals surface area contributed by atoms with Gasteiger partial charge in [-0.2, -0.15) is 0 Å². The molecule has 2 N–H and O–H groups in total. The second-order valence-electron chi connectivity index (χ2n) is 7.96. The molecular formula is C24H27N3O4. The van der Waals surface area contributed by atoms with Gasteiger partial charge in [0, 0.05) is 38.2 Å². The largest absolute Gasteiger partial charge is 0.376 e. The zero-order valence-corrected chi connectivity index (χ0v) is 17.4. The fraction of sp³-hybridized carbons (Fsp3) is 0.375. The summed E-state index contributed by atoms with van der Waals surface area (Å²) in [5.41, 5.74) is 2.36. The topological polar surface area (TPSA) is 87.7 Å². The molecule has 7 heteroatoms. The van der Waals surface area contributed by atoms with Gasteiger partial charge in [0.15, 0.2) is 0 Å². The Morgan fingerprint density at radius 2 is 1.84 bits per heavy atom. The lowest BCUT2D eigenvalue weighted by Gasteiger charge is -2.16. The van der Waals surface area contributed by atoms with Gasteiger partial charge in [0.05, 0.1) is 17.4 Å². The first-order chi connectivity index (χ1) is 15.1. The van der Waals surface area contributed by atoms with Crippen LogP contribution in [0, 0.1) is 0 Å². The fourth-order valence-corrected chi connectivity index (χ4v) is 3.94. The highest BCUT2D eigenvalue weighted by atomic mass is 16.5. The number of rotatable bonds is 7. The highest BCUT2D eigenvalue weighted by Crippen LogP contribution is 2.18. The molecule has 0 saturated carbocycles. The highest BCUT2D eigenvalue weighted by Gasteiger charge is 2.21. The molecule has 2 fully saturated rings. The number of nitrogens with zero attached hydrogens (tertiary/aromatic N) is 1. The summed E-state index contributed by atoms with van der Waals surface area (Å²) in [5.74, 6) is -0.351. The Bertz CT molecular complexity index is 952.